The van der Waals surface area contributed by atoms with Gasteiger partial charge in [-0.2, -0.15) is 9.38 Å². The first-order chi connectivity index (χ1) is 10.2. The molecule has 106 valence electrons. The van der Waals surface area contributed by atoms with Crippen LogP contribution < -0.4 is 5.32 Å². The lowest BCUT2D eigenvalue weighted by Crippen LogP contribution is -2.04. The van der Waals surface area contributed by atoms with E-state index in [1.54, 1.807) is 24.4 Å². The van der Waals surface area contributed by atoms with Crippen LogP contribution in [-0.4, -0.2) is 14.3 Å². The second-order valence-corrected chi connectivity index (χ2v) is 4.75. The lowest BCUT2D eigenvalue weighted by atomic mass is 10.1. The first kappa shape index (κ1) is 13.1. The first-order valence-electron chi connectivity index (χ1n) is 6.56. The van der Waals surface area contributed by atoms with Gasteiger partial charge in [0.15, 0.2) is 0 Å². The number of nitrogens with one attached hydrogen (secondary N) is 1. The Hall–Kier alpha value is -2.89. The largest absolute Gasteiger partial charge is 0.372 e. The number of imidazole rings is 1. The molecule has 0 saturated heterocycles. The molecule has 0 aliphatic rings. The molecule has 2 heterocycles. The van der Waals surface area contributed by atoms with Crippen molar-refractivity contribution in [2.24, 2.45) is 0 Å². The van der Waals surface area contributed by atoms with Crippen LogP contribution in [0.1, 0.15) is 11.1 Å². The van der Waals surface area contributed by atoms with Gasteiger partial charge >= 0.3 is 5.82 Å². The summed E-state index contributed by atoms with van der Waals surface area (Å²) in [6, 6.07) is 13.2. The summed E-state index contributed by atoms with van der Waals surface area (Å²) in [7, 11) is 0. The zero-order chi connectivity index (χ0) is 14.8. The Balaban J connectivity index is 1.95. The number of nitrogens with zero attached hydrogens (tertiary/aromatic N) is 3. The van der Waals surface area contributed by atoms with E-state index in [4.69, 9.17) is 0 Å². The van der Waals surface area contributed by atoms with Gasteiger partial charge in [0.1, 0.15) is 0 Å². The average molecular weight is 282 g/mol. The number of anilines is 1. The van der Waals surface area contributed by atoms with Crippen molar-refractivity contribution in [1.29, 1.82) is 0 Å². The Morgan fingerprint density at radius 3 is 2.76 bits per heavy atom. The summed E-state index contributed by atoms with van der Waals surface area (Å²) in [6.07, 6.45) is 1.64. The van der Waals surface area contributed by atoms with Gasteiger partial charge in [-0.05, 0) is 29.0 Å². The number of pyridine rings is 1. The smallest absolute Gasteiger partial charge is 0.359 e. The minimum Gasteiger partial charge on any atom is -0.359 e. The summed E-state index contributed by atoms with van der Waals surface area (Å²) in [5, 5.41) is 14.3. The number of benzene rings is 1. The van der Waals surface area contributed by atoms with Crippen molar-refractivity contribution < 1.29 is 4.92 Å². The van der Waals surface area contributed by atoms with E-state index in [9.17, 15) is 10.1 Å². The maximum absolute atomic E-state index is 11.3. The zero-order valence-corrected chi connectivity index (χ0v) is 11.5. The first-order valence-corrected chi connectivity index (χ1v) is 6.56. The molecule has 6 heteroatoms. The predicted molar refractivity (Wildman–Crippen MR) is 80.4 cm³/mol. The van der Waals surface area contributed by atoms with Crippen molar-refractivity contribution in [3.8, 4) is 0 Å². The van der Waals surface area contributed by atoms with Gasteiger partial charge in [0.05, 0.1) is 6.20 Å². The highest BCUT2D eigenvalue weighted by atomic mass is 16.6. The molecule has 6 nitrogen and oxygen atoms in total. The van der Waals surface area contributed by atoms with Gasteiger partial charge in [0.25, 0.3) is 0 Å². The van der Waals surface area contributed by atoms with Crippen LogP contribution in [0.5, 0.6) is 0 Å². The van der Waals surface area contributed by atoms with Crippen molar-refractivity contribution in [3.05, 3.63) is 69.9 Å². The molecule has 0 fully saturated rings. The molecule has 3 rings (SSSR count). The number of fused-ring (bicyclic) bond motifs is 1. The predicted octanol–water partition coefficient (Wildman–Crippen LogP) is 3.16. The Labute approximate surface area is 121 Å². The van der Waals surface area contributed by atoms with Gasteiger partial charge in [-0.25, -0.2) is 0 Å². The third-order valence-corrected chi connectivity index (χ3v) is 3.39. The summed E-state index contributed by atoms with van der Waals surface area (Å²) < 4.78 is 1.47. The number of rotatable bonds is 4. The van der Waals surface area contributed by atoms with Crippen LogP contribution in [0.25, 0.3) is 5.65 Å². The average Bonchev–Trinajstić information content (AvgIpc) is 2.85. The van der Waals surface area contributed by atoms with Gasteiger partial charge in [-0.15, -0.1) is 0 Å². The van der Waals surface area contributed by atoms with E-state index >= 15 is 0 Å². The third kappa shape index (κ3) is 2.43. The van der Waals surface area contributed by atoms with Crippen molar-refractivity contribution in [2.75, 3.05) is 5.32 Å². The topological polar surface area (TPSA) is 72.5 Å². The number of aryl methyl sites for hydroxylation is 1. The van der Waals surface area contributed by atoms with E-state index in [1.165, 1.54) is 4.40 Å². The lowest BCUT2D eigenvalue weighted by Gasteiger charge is -2.06. The van der Waals surface area contributed by atoms with E-state index in [2.05, 4.69) is 10.3 Å². The number of aromatic nitrogens is 2. The summed E-state index contributed by atoms with van der Waals surface area (Å²) in [4.78, 5) is 15.2. The summed E-state index contributed by atoms with van der Waals surface area (Å²) in [5.74, 6) is 0.244. The molecule has 3 aromatic rings. The van der Waals surface area contributed by atoms with Crippen LogP contribution in [0.15, 0.2) is 48.7 Å². The Kier molecular flexibility index (Phi) is 3.27. The molecule has 1 N–H and O–H groups in total. The summed E-state index contributed by atoms with van der Waals surface area (Å²) in [6.45, 7) is 2.51. The van der Waals surface area contributed by atoms with Crippen molar-refractivity contribution in [2.45, 2.75) is 13.5 Å². The maximum atomic E-state index is 11.3. The second-order valence-electron chi connectivity index (χ2n) is 4.75. The minimum atomic E-state index is -0.416. The summed E-state index contributed by atoms with van der Waals surface area (Å²) in [5.41, 5.74) is 2.77. The molecule has 1 aromatic carbocycles. The van der Waals surface area contributed by atoms with E-state index in [0.29, 0.717) is 12.2 Å². The Morgan fingerprint density at radius 1 is 1.24 bits per heavy atom. The van der Waals surface area contributed by atoms with Crippen molar-refractivity contribution in [1.82, 2.24) is 9.38 Å². The molecule has 2 aromatic heterocycles. The van der Waals surface area contributed by atoms with Crippen molar-refractivity contribution >= 4 is 17.3 Å². The van der Waals surface area contributed by atoms with Crippen LogP contribution in [0.3, 0.4) is 0 Å². The van der Waals surface area contributed by atoms with E-state index < -0.39 is 4.92 Å². The summed E-state index contributed by atoms with van der Waals surface area (Å²) >= 11 is 0. The van der Waals surface area contributed by atoms with Crippen molar-refractivity contribution in [3.63, 3.8) is 0 Å². The van der Waals surface area contributed by atoms with E-state index in [1.807, 2.05) is 31.2 Å². The van der Waals surface area contributed by atoms with Crippen LogP contribution in [-0.2, 0) is 6.54 Å². The highest BCUT2D eigenvalue weighted by molar-refractivity contribution is 5.62. The fraction of sp³-hybridized carbons (Fsp3) is 0.133. The Morgan fingerprint density at radius 2 is 2.00 bits per heavy atom. The fourth-order valence-electron chi connectivity index (χ4n) is 2.26. The SMILES string of the molecule is Cc1ccccc1CNc1nc2ccccn2c1[N+](=O)[O-]. The molecule has 0 aliphatic carbocycles. The monoisotopic (exact) mass is 282 g/mol. The molecule has 0 aliphatic heterocycles. The van der Waals surface area contributed by atoms with Crippen LogP contribution in [0.2, 0.25) is 0 Å². The molecular weight excluding hydrogens is 268 g/mol. The van der Waals surface area contributed by atoms with E-state index in [0.717, 1.165) is 11.1 Å². The molecule has 0 unspecified atom stereocenters. The molecule has 0 saturated carbocycles. The third-order valence-electron chi connectivity index (χ3n) is 3.39. The van der Waals surface area contributed by atoms with E-state index in [-0.39, 0.29) is 11.6 Å². The number of hydrogen-bond acceptors (Lipinski definition) is 4. The second kappa shape index (κ2) is 5.24. The van der Waals surface area contributed by atoms with Crippen LogP contribution >= 0.6 is 0 Å². The lowest BCUT2D eigenvalue weighted by molar-refractivity contribution is -0.389. The van der Waals surface area contributed by atoms with Gasteiger partial charge < -0.3 is 15.4 Å². The zero-order valence-electron chi connectivity index (χ0n) is 11.5. The van der Waals surface area contributed by atoms with Crippen LogP contribution in [0, 0.1) is 17.0 Å². The highest BCUT2D eigenvalue weighted by Crippen LogP contribution is 2.25. The molecule has 0 radical (unpaired) electrons. The molecule has 0 atom stereocenters. The Bertz CT molecular complexity index is 810. The van der Waals surface area contributed by atoms with Crippen LogP contribution in [0.4, 0.5) is 11.6 Å². The number of hydrogen-bond donors (Lipinski definition) is 1. The molecular formula is C15H14N4O2. The standard InChI is InChI=1S/C15H14N4O2/c1-11-6-2-3-7-12(11)10-16-14-15(19(20)21)18-9-5-4-8-13(18)17-14/h2-9,16H,10H2,1H3. The molecule has 0 amide bonds. The quantitative estimate of drug-likeness (QED) is 0.589. The van der Waals surface area contributed by atoms with Gasteiger partial charge in [-0.3, -0.25) is 0 Å². The molecule has 0 bridgehead atoms. The minimum absolute atomic E-state index is 0.0424. The molecule has 0 spiro atoms. The van der Waals surface area contributed by atoms with Gasteiger partial charge in [0, 0.05) is 12.6 Å². The number of nitro groups is 1. The molecule has 21 heavy (non-hydrogen) atoms. The maximum Gasteiger partial charge on any atom is 0.372 e. The van der Waals surface area contributed by atoms with Gasteiger partial charge in [-0.1, -0.05) is 30.3 Å². The normalized spacial score (nSPS) is 10.7. The fourth-order valence-corrected chi connectivity index (χ4v) is 2.26. The highest BCUT2D eigenvalue weighted by Gasteiger charge is 2.21. The van der Waals surface area contributed by atoms with Gasteiger partial charge in [0.2, 0.25) is 11.5 Å².